The van der Waals surface area contributed by atoms with Crippen LogP contribution >= 0.6 is 0 Å². The Labute approximate surface area is 212 Å². The summed E-state index contributed by atoms with van der Waals surface area (Å²) in [7, 11) is 0. The number of rotatable bonds is 28. The smallest absolute Gasteiger partial charge is 0.0412 e. The van der Waals surface area contributed by atoms with E-state index in [-0.39, 0.29) is 0 Å². The van der Waals surface area contributed by atoms with Crippen LogP contribution in [-0.4, -0.2) is 0 Å². The van der Waals surface area contributed by atoms with Crippen LogP contribution in [0.2, 0.25) is 0 Å². The molecule has 0 aliphatic heterocycles. The second-order valence-corrected chi connectivity index (χ2v) is 11.9. The van der Waals surface area contributed by atoms with Gasteiger partial charge in [0.15, 0.2) is 0 Å². The highest BCUT2D eigenvalue weighted by Gasteiger charge is 2.10. The Morgan fingerprint density at radius 2 is 0.576 bits per heavy atom. The molecule has 0 aliphatic rings. The van der Waals surface area contributed by atoms with E-state index >= 15 is 0 Å². The van der Waals surface area contributed by atoms with E-state index in [2.05, 4.69) is 27.7 Å². The van der Waals surface area contributed by atoms with Gasteiger partial charge in [0.25, 0.3) is 0 Å². The van der Waals surface area contributed by atoms with E-state index in [1.807, 2.05) is 0 Å². The third kappa shape index (κ3) is 28.1. The van der Waals surface area contributed by atoms with Gasteiger partial charge in [-0.25, -0.2) is 0 Å². The molecule has 0 N–H and O–H groups in total. The summed E-state index contributed by atoms with van der Waals surface area (Å²) in [5.41, 5.74) is 0. The molecule has 200 valence electrons. The zero-order valence-electron chi connectivity index (χ0n) is 24.2. The van der Waals surface area contributed by atoms with E-state index in [9.17, 15) is 0 Å². The van der Waals surface area contributed by atoms with Crippen LogP contribution in [-0.2, 0) is 0 Å². The summed E-state index contributed by atoms with van der Waals surface area (Å²) in [6.07, 6.45) is 39.8. The van der Waals surface area contributed by atoms with Crippen molar-refractivity contribution in [3.05, 3.63) is 0 Å². The third-order valence-electron chi connectivity index (χ3n) is 7.74. The second kappa shape index (κ2) is 28.2. The topological polar surface area (TPSA) is 0 Å². The van der Waals surface area contributed by atoms with Gasteiger partial charge in [0.2, 0.25) is 0 Å². The molecule has 0 heterocycles. The maximum absolute atomic E-state index is 2.42. The summed E-state index contributed by atoms with van der Waals surface area (Å²) >= 11 is 0. The van der Waals surface area contributed by atoms with Crippen LogP contribution in [0.4, 0.5) is 0 Å². The van der Waals surface area contributed by atoms with Crippen LogP contribution in [0.1, 0.15) is 201 Å². The average molecular weight is 465 g/mol. The van der Waals surface area contributed by atoms with Crippen molar-refractivity contribution in [3.63, 3.8) is 0 Å². The molecule has 0 amide bonds. The standard InChI is InChI=1S/C33H68/c1-5-7-9-11-13-14-15-16-17-18-19-20-21-22-24-26-28-30-33(31-32(3)4)29-27-25-23-12-10-8-6-2/h32-33H,5-31H2,1-4H3. The molecular weight excluding hydrogens is 396 g/mol. The zero-order valence-corrected chi connectivity index (χ0v) is 24.2. The quantitative estimate of drug-likeness (QED) is 0.101. The first-order valence-corrected chi connectivity index (χ1v) is 16.2. The highest BCUT2D eigenvalue weighted by molar-refractivity contribution is 4.63. The molecule has 0 aliphatic carbocycles. The van der Waals surface area contributed by atoms with Crippen molar-refractivity contribution >= 4 is 0 Å². The molecule has 0 fully saturated rings. The molecule has 0 saturated heterocycles. The van der Waals surface area contributed by atoms with Crippen molar-refractivity contribution in [1.82, 2.24) is 0 Å². The van der Waals surface area contributed by atoms with E-state index in [4.69, 9.17) is 0 Å². The van der Waals surface area contributed by atoms with Crippen molar-refractivity contribution in [2.75, 3.05) is 0 Å². The molecule has 0 saturated carbocycles. The SMILES string of the molecule is CCCCCCCCCCCCCCCCCCCC(CCCCCCCCC)CC(C)C. The van der Waals surface area contributed by atoms with Crippen LogP contribution in [0.5, 0.6) is 0 Å². The average Bonchev–Trinajstić information content (AvgIpc) is 2.80. The molecule has 0 aromatic carbocycles. The van der Waals surface area contributed by atoms with Gasteiger partial charge >= 0.3 is 0 Å². The molecule has 0 aromatic heterocycles. The third-order valence-corrected chi connectivity index (χ3v) is 7.74. The molecule has 0 aromatic rings. The Morgan fingerprint density at radius 1 is 0.333 bits per heavy atom. The minimum absolute atomic E-state index is 0.880. The zero-order chi connectivity index (χ0) is 24.2. The first-order valence-electron chi connectivity index (χ1n) is 16.2. The first kappa shape index (κ1) is 33.0. The van der Waals surface area contributed by atoms with Crippen molar-refractivity contribution < 1.29 is 0 Å². The largest absolute Gasteiger partial charge is 0.0654 e. The Hall–Kier alpha value is 0. The highest BCUT2D eigenvalue weighted by Crippen LogP contribution is 2.25. The Kier molecular flexibility index (Phi) is 28.2. The Morgan fingerprint density at radius 3 is 0.818 bits per heavy atom. The van der Waals surface area contributed by atoms with Crippen LogP contribution in [0.3, 0.4) is 0 Å². The van der Waals surface area contributed by atoms with Gasteiger partial charge in [-0.3, -0.25) is 0 Å². The fraction of sp³-hybridized carbons (Fsp3) is 1.00. The van der Waals surface area contributed by atoms with E-state index in [1.54, 1.807) is 0 Å². The van der Waals surface area contributed by atoms with Gasteiger partial charge in [0.05, 0.1) is 0 Å². The van der Waals surface area contributed by atoms with Gasteiger partial charge in [-0.1, -0.05) is 195 Å². The molecule has 0 spiro atoms. The second-order valence-electron chi connectivity index (χ2n) is 11.9. The van der Waals surface area contributed by atoms with Crippen LogP contribution in [0.25, 0.3) is 0 Å². The summed E-state index contributed by atoms with van der Waals surface area (Å²) in [6, 6.07) is 0. The highest BCUT2D eigenvalue weighted by atomic mass is 14.2. The summed E-state index contributed by atoms with van der Waals surface area (Å²) in [6.45, 7) is 9.47. The van der Waals surface area contributed by atoms with Crippen molar-refractivity contribution in [2.45, 2.75) is 201 Å². The summed E-state index contributed by atoms with van der Waals surface area (Å²) < 4.78 is 0. The predicted octanol–water partition coefficient (Wildman–Crippen LogP) is 12.8. The molecule has 0 nitrogen and oxygen atoms in total. The maximum Gasteiger partial charge on any atom is -0.0412 e. The molecule has 0 radical (unpaired) electrons. The van der Waals surface area contributed by atoms with Crippen molar-refractivity contribution in [3.8, 4) is 0 Å². The lowest BCUT2D eigenvalue weighted by atomic mass is 9.87. The summed E-state index contributed by atoms with van der Waals surface area (Å²) in [5, 5.41) is 0. The molecule has 0 bridgehead atoms. The van der Waals surface area contributed by atoms with Gasteiger partial charge < -0.3 is 0 Å². The molecule has 0 heteroatoms. The minimum Gasteiger partial charge on any atom is -0.0654 e. The van der Waals surface area contributed by atoms with Gasteiger partial charge in [-0.2, -0.15) is 0 Å². The number of hydrogen-bond donors (Lipinski definition) is 0. The van der Waals surface area contributed by atoms with E-state index in [0.29, 0.717) is 0 Å². The van der Waals surface area contributed by atoms with E-state index in [1.165, 1.54) is 173 Å². The Bertz CT molecular complexity index is 331. The molecule has 1 atom stereocenters. The summed E-state index contributed by atoms with van der Waals surface area (Å²) in [5.74, 6) is 1.89. The molecule has 0 rings (SSSR count). The van der Waals surface area contributed by atoms with Crippen LogP contribution < -0.4 is 0 Å². The summed E-state index contributed by atoms with van der Waals surface area (Å²) in [4.78, 5) is 0. The lowest BCUT2D eigenvalue weighted by molar-refractivity contribution is 0.338. The van der Waals surface area contributed by atoms with Crippen LogP contribution in [0.15, 0.2) is 0 Å². The lowest BCUT2D eigenvalue weighted by Crippen LogP contribution is -2.05. The normalized spacial score (nSPS) is 12.6. The Balaban J connectivity index is 3.42. The maximum atomic E-state index is 2.42. The minimum atomic E-state index is 0.880. The van der Waals surface area contributed by atoms with Gasteiger partial charge in [-0.05, 0) is 18.3 Å². The van der Waals surface area contributed by atoms with Crippen molar-refractivity contribution in [1.29, 1.82) is 0 Å². The lowest BCUT2D eigenvalue weighted by Gasteiger charge is -2.19. The predicted molar refractivity (Wildman–Crippen MR) is 154 cm³/mol. The number of hydrogen-bond acceptors (Lipinski definition) is 0. The monoisotopic (exact) mass is 465 g/mol. The number of unbranched alkanes of at least 4 members (excludes halogenated alkanes) is 22. The molecule has 1 unspecified atom stereocenters. The molecule has 33 heavy (non-hydrogen) atoms. The fourth-order valence-corrected chi connectivity index (χ4v) is 5.59. The van der Waals surface area contributed by atoms with Crippen molar-refractivity contribution in [2.24, 2.45) is 11.8 Å². The fourth-order valence-electron chi connectivity index (χ4n) is 5.59. The van der Waals surface area contributed by atoms with Gasteiger partial charge in [-0.15, -0.1) is 0 Å². The first-order chi connectivity index (χ1) is 16.2. The van der Waals surface area contributed by atoms with Crippen LogP contribution in [0, 0.1) is 11.8 Å². The molecular formula is C33H68. The van der Waals surface area contributed by atoms with Gasteiger partial charge in [0.1, 0.15) is 0 Å². The van der Waals surface area contributed by atoms with Gasteiger partial charge in [0, 0.05) is 0 Å². The van der Waals surface area contributed by atoms with E-state index in [0.717, 1.165) is 11.8 Å². The van der Waals surface area contributed by atoms with E-state index < -0.39 is 0 Å².